The van der Waals surface area contributed by atoms with Crippen LogP contribution in [0, 0.1) is 0 Å². The van der Waals surface area contributed by atoms with Crippen molar-refractivity contribution in [3.63, 3.8) is 0 Å². The molecule has 0 fully saturated rings. The molecule has 0 saturated heterocycles. The third kappa shape index (κ3) is 8.42. The number of sulfonamides is 1. The number of nitrogens with zero attached hydrogens (tertiary/aromatic N) is 2. The predicted octanol–water partition coefficient (Wildman–Crippen LogP) is 4.74. The fraction of sp³-hybridized carbons (Fsp3) is 0.355. The van der Waals surface area contributed by atoms with E-state index in [0.717, 1.165) is 33.7 Å². The maximum absolute atomic E-state index is 14.1. The molecule has 0 heterocycles. The molecule has 0 aliphatic rings. The van der Waals surface area contributed by atoms with E-state index in [1.807, 2.05) is 93.6 Å². The molecule has 3 aromatic rings. The Morgan fingerprint density at radius 2 is 1.41 bits per heavy atom. The minimum atomic E-state index is -3.81. The highest BCUT2D eigenvalue weighted by Crippen LogP contribution is 2.29. The predicted molar refractivity (Wildman–Crippen MR) is 157 cm³/mol. The number of carbonyl (C=O) groups excluding carboxylic acids is 2. The molecule has 39 heavy (non-hydrogen) atoms. The van der Waals surface area contributed by atoms with Crippen LogP contribution in [0.25, 0.3) is 0 Å². The number of carbonyl (C=O) groups is 2. The minimum absolute atomic E-state index is 0.0478. The van der Waals surface area contributed by atoms with Crippen LogP contribution in [0.2, 0.25) is 0 Å². The van der Waals surface area contributed by atoms with Crippen molar-refractivity contribution < 1.29 is 18.0 Å². The molecule has 208 valence electrons. The Hall–Kier alpha value is -3.65. The van der Waals surface area contributed by atoms with Crippen LogP contribution >= 0.6 is 0 Å². The van der Waals surface area contributed by atoms with Crippen molar-refractivity contribution in [3.05, 3.63) is 102 Å². The van der Waals surface area contributed by atoms with Crippen LogP contribution in [0.1, 0.15) is 49.8 Å². The van der Waals surface area contributed by atoms with Crippen molar-refractivity contribution in [2.24, 2.45) is 0 Å². The lowest BCUT2D eigenvalue weighted by Gasteiger charge is -2.34. The summed E-state index contributed by atoms with van der Waals surface area (Å²) in [4.78, 5) is 29.1. The molecule has 0 bridgehead atoms. The van der Waals surface area contributed by atoms with E-state index >= 15 is 0 Å². The monoisotopic (exact) mass is 549 g/mol. The average Bonchev–Trinajstić information content (AvgIpc) is 2.92. The molecule has 0 unspecified atom stereocenters. The Balaban J connectivity index is 2.06. The molecule has 8 heteroatoms. The van der Waals surface area contributed by atoms with Crippen LogP contribution in [-0.4, -0.2) is 50.5 Å². The summed E-state index contributed by atoms with van der Waals surface area (Å²) in [5.74, 6) is -0.666. The quantitative estimate of drug-likeness (QED) is 0.334. The van der Waals surface area contributed by atoms with Gasteiger partial charge >= 0.3 is 0 Å². The highest BCUT2D eigenvalue weighted by Gasteiger charge is 2.33. The van der Waals surface area contributed by atoms with E-state index in [1.165, 1.54) is 4.90 Å². The molecule has 7 nitrogen and oxygen atoms in total. The maximum atomic E-state index is 14.1. The SMILES string of the molecule is CCCNC(=O)[C@H](Cc1ccccc1)N(Cc1ccccc1)C(=O)CN(c1ccccc1C(C)C)S(C)(=O)=O. The van der Waals surface area contributed by atoms with E-state index in [2.05, 4.69) is 5.32 Å². The van der Waals surface area contributed by atoms with E-state index in [0.29, 0.717) is 18.7 Å². The molecule has 3 rings (SSSR count). The summed E-state index contributed by atoms with van der Waals surface area (Å²) in [7, 11) is -3.81. The first-order valence-corrected chi connectivity index (χ1v) is 15.2. The Kier molecular flexibility index (Phi) is 10.7. The van der Waals surface area contributed by atoms with Gasteiger partial charge in [0.25, 0.3) is 0 Å². The molecule has 0 aromatic heterocycles. The molecule has 0 aliphatic carbocycles. The van der Waals surface area contributed by atoms with Gasteiger partial charge in [0, 0.05) is 19.5 Å². The number of rotatable bonds is 13. The fourth-order valence-corrected chi connectivity index (χ4v) is 5.37. The fourth-order valence-electron chi connectivity index (χ4n) is 4.50. The van der Waals surface area contributed by atoms with Crippen LogP contribution in [0.5, 0.6) is 0 Å². The van der Waals surface area contributed by atoms with E-state index in [9.17, 15) is 18.0 Å². The summed E-state index contributed by atoms with van der Waals surface area (Å²) in [5, 5.41) is 2.95. The van der Waals surface area contributed by atoms with E-state index < -0.39 is 28.5 Å². The summed E-state index contributed by atoms with van der Waals surface area (Å²) in [6.07, 6.45) is 2.16. The van der Waals surface area contributed by atoms with Gasteiger partial charge in [-0.3, -0.25) is 13.9 Å². The van der Waals surface area contributed by atoms with Gasteiger partial charge in [0.2, 0.25) is 21.8 Å². The van der Waals surface area contributed by atoms with Gasteiger partial charge in [0.1, 0.15) is 12.6 Å². The summed E-state index contributed by atoms with van der Waals surface area (Å²) in [6, 6.07) is 25.4. The summed E-state index contributed by atoms with van der Waals surface area (Å²) >= 11 is 0. The van der Waals surface area contributed by atoms with Crippen LogP contribution in [0.15, 0.2) is 84.9 Å². The molecule has 0 spiro atoms. The minimum Gasteiger partial charge on any atom is -0.354 e. The lowest BCUT2D eigenvalue weighted by Crippen LogP contribution is -2.53. The van der Waals surface area contributed by atoms with Crippen molar-refractivity contribution in [1.29, 1.82) is 0 Å². The van der Waals surface area contributed by atoms with Crippen LogP contribution < -0.4 is 9.62 Å². The molecule has 2 amide bonds. The molecule has 1 atom stereocenters. The van der Waals surface area contributed by atoms with Gasteiger partial charge in [0.15, 0.2) is 0 Å². The Morgan fingerprint density at radius 1 is 0.846 bits per heavy atom. The zero-order chi connectivity index (χ0) is 28.4. The molecular formula is C31H39N3O4S. The molecule has 0 aliphatic heterocycles. The van der Waals surface area contributed by atoms with Crippen molar-refractivity contribution in [2.75, 3.05) is 23.7 Å². The molecule has 3 aromatic carbocycles. The third-order valence-corrected chi connectivity index (χ3v) is 7.65. The first-order valence-electron chi connectivity index (χ1n) is 13.3. The largest absolute Gasteiger partial charge is 0.354 e. The Morgan fingerprint density at radius 3 is 1.97 bits per heavy atom. The molecule has 0 saturated carbocycles. The zero-order valence-electron chi connectivity index (χ0n) is 23.2. The van der Waals surface area contributed by atoms with E-state index in [1.54, 1.807) is 12.1 Å². The lowest BCUT2D eigenvalue weighted by atomic mass is 10.0. The van der Waals surface area contributed by atoms with Crippen molar-refractivity contribution in [3.8, 4) is 0 Å². The lowest BCUT2D eigenvalue weighted by molar-refractivity contribution is -0.140. The van der Waals surface area contributed by atoms with Crippen LogP contribution in [0.4, 0.5) is 5.69 Å². The Bertz CT molecular complexity index is 1330. The van der Waals surface area contributed by atoms with Crippen molar-refractivity contribution in [2.45, 2.75) is 52.1 Å². The van der Waals surface area contributed by atoms with Gasteiger partial charge in [-0.15, -0.1) is 0 Å². The number of hydrogen-bond acceptors (Lipinski definition) is 4. The number of amides is 2. The number of hydrogen-bond donors (Lipinski definition) is 1. The standard InChI is InChI=1S/C31H39N3O4S/c1-5-20-32-31(36)29(21-25-14-8-6-9-15-25)33(22-26-16-10-7-11-17-26)30(35)23-34(39(4,37)38)28-19-13-12-18-27(28)24(2)3/h6-19,24,29H,5,20-23H2,1-4H3,(H,32,36)/t29-/m0/s1. The topological polar surface area (TPSA) is 86.8 Å². The van der Waals surface area contributed by atoms with Crippen molar-refractivity contribution >= 4 is 27.5 Å². The number of para-hydroxylation sites is 1. The average molecular weight is 550 g/mol. The molecule has 0 radical (unpaired) electrons. The third-order valence-electron chi connectivity index (χ3n) is 6.52. The first kappa shape index (κ1) is 29.9. The zero-order valence-corrected chi connectivity index (χ0v) is 24.0. The summed E-state index contributed by atoms with van der Waals surface area (Å²) in [6.45, 7) is 6.17. The number of benzene rings is 3. The Labute approximate surface area is 232 Å². The van der Waals surface area contributed by atoms with E-state index in [-0.39, 0.29) is 18.4 Å². The first-order chi connectivity index (χ1) is 18.6. The maximum Gasteiger partial charge on any atom is 0.244 e. The van der Waals surface area contributed by atoms with Crippen LogP contribution in [-0.2, 0) is 32.6 Å². The summed E-state index contributed by atoms with van der Waals surface area (Å²) in [5.41, 5.74) is 3.05. The summed E-state index contributed by atoms with van der Waals surface area (Å²) < 4.78 is 27.2. The van der Waals surface area contributed by atoms with Gasteiger partial charge in [-0.25, -0.2) is 8.42 Å². The second-order valence-corrected chi connectivity index (χ2v) is 11.9. The second-order valence-electron chi connectivity index (χ2n) is 9.99. The number of nitrogens with one attached hydrogen (secondary N) is 1. The highest BCUT2D eigenvalue weighted by atomic mass is 32.2. The highest BCUT2D eigenvalue weighted by molar-refractivity contribution is 7.92. The smallest absolute Gasteiger partial charge is 0.244 e. The molecular weight excluding hydrogens is 510 g/mol. The van der Waals surface area contributed by atoms with Gasteiger partial charge < -0.3 is 10.2 Å². The van der Waals surface area contributed by atoms with E-state index in [4.69, 9.17) is 0 Å². The number of anilines is 1. The normalized spacial score (nSPS) is 12.1. The second kappa shape index (κ2) is 13.9. The van der Waals surface area contributed by atoms with Crippen molar-refractivity contribution in [1.82, 2.24) is 10.2 Å². The van der Waals surface area contributed by atoms with Gasteiger partial charge in [0.05, 0.1) is 11.9 Å². The van der Waals surface area contributed by atoms with Gasteiger partial charge in [-0.05, 0) is 35.1 Å². The van der Waals surface area contributed by atoms with Gasteiger partial charge in [-0.1, -0.05) is 99.6 Å². The van der Waals surface area contributed by atoms with Crippen LogP contribution in [0.3, 0.4) is 0 Å². The van der Waals surface area contributed by atoms with Gasteiger partial charge in [-0.2, -0.15) is 0 Å². The molecule has 1 N–H and O–H groups in total.